The third-order valence-corrected chi connectivity index (χ3v) is 6.03. The van der Waals surface area contributed by atoms with Crippen LogP contribution in [-0.4, -0.2) is 54.4 Å². The van der Waals surface area contributed by atoms with E-state index in [4.69, 9.17) is 40.0 Å². The lowest BCUT2D eigenvalue weighted by atomic mass is 9.91. The third kappa shape index (κ3) is 8.27. The van der Waals surface area contributed by atoms with Crippen molar-refractivity contribution in [2.45, 2.75) is 71.7 Å². The Bertz CT molecular complexity index is 1270. The molecule has 1 aliphatic rings. The maximum Gasteiger partial charge on any atom is 0.308 e. The van der Waals surface area contributed by atoms with Gasteiger partial charge in [0.2, 0.25) is 12.4 Å². The second-order valence-corrected chi connectivity index (χ2v) is 9.43. The lowest BCUT2D eigenvalue weighted by molar-refractivity contribution is -0.298. The van der Waals surface area contributed by atoms with E-state index in [2.05, 4.69) is 0 Å². The van der Waals surface area contributed by atoms with E-state index in [1.807, 2.05) is 0 Å². The Morgan fingerprint density at radius 3 is 1.80 bits per heavy atom. The first-order valence-corrected chi connectivity index (χ1v) is 12.6. The number of carbonyl (C=O) groups is 5. The first-order chi connectivity index (χ1) is 18.8. The van der Waals surface area contributed by atoms with Crippen molar-refractivity contribution in [3.05, 3.63) is 64.2 Å². The highest BCUT2D eigenvalue weighted by atomic mass is 35.5. The predicted octanol–water partition coefficient (Wildman–Crippen LogP) is 3.61. The lowest BCUT2D eigenvalue weighted by Crippen LogP contribution is -2.59. The van der Waals surface area contributed by atoms with E-state index in [1.54, 1.807) is 42.5 Å². The Morgan fingerprint density at radius 2 is 1.25 bits per heavy atom. The molecule has 12 heteroatoms. The molecule has 2 aromatic rings. The zero-order valence-electron chi connectivity index (χ0n) is 22.5. The first-order valence-electron chi connectivity index (χ1n) is 12.2. The zero-order chi connectivity index (χ0) is 29.6. The number of hydrogen-bond donors (Lipinski definition) is 0. The number of ether oxygens (including phenoxy) is 6. The van der Waals surface area contributed by atoms with Gasteiger partial charge in [0.05, 0.1) is 0 Å². The van der Waals surface area contributed by atoms with E-state index in [9.17, 15) is 24.0 Å². The molecule has 0 aromatic heterocycles. The summed E-state index contributed by atoms with van der Waals surface area (Å²) in [5.41, 5.74) is 1.97. The fraction of sp³-hybridized carbons (Fsp3) is 0.393. The van der Waals surface area contributed by atoms with Gasteiger partial charge in [-0.3, -0.25) is 24.0 Å². The van der Waals surface area contributed by atoms with Crippen molar-refractivity contribution in [1.82, 2.24) is 0 Å². The standard InChI is InChI=1S/C28H29ClO11/c1-14(30)35-22-9-6-19(7-10-22)12-21-13-20(8-11-23(21)29)24-25(36-15(2)31)26(37-16(3)32)27(38-17(4)33)28(40-24)39-18(5)34/h6-11,13,24-28H,12H2,1-5H3/t24-,25-,26+,27-,28?/m0/s1. The van der Waals surface area contributed by atoms with Crippen molar-refractivity contribution in [1.29, 1.82) is 0 Å². The van der Waals surface area contributed by atoms with Crippen LogP contribution in [0.4, 0.5) is 0 Å². The normalized spacial score (nSPS) is 22.0. The maximum absolute atomic E-state index is 12.1. The topological polar surface area (TPSA) is 141 Å². The molecule has 1 unspecified atom stereocenters. The van der Waals surface area contributed by atoms with Gasteiger partial charge in [0, 0.05) is 39.6 Å². The molecule has 3 rings (SSSR count). The molecule has 40 heavy (non-hydrogen) atoms. The van der Waals surface area contributed by atoms with Gasteiger partial charge in [0.15, 0.2) is 12.2 Å². The minimum Gasteiger partial charge on any atom is -0.455 e. The average molecular weight is 577 g/mol. The second-order valence-electron chi connectivity index (χ2n) is 9.02. The molecule has 0 amide bonds. The van der Waals surface area contributed by atoms with E-state index < -0.39 is 60.6 Å². The molecule has 0 spiro atoms. The largest absolute Gasteiger partial charge is 0.455 e. The van der Waals surface area contributed by atoms with Gasteiger partial charge in [0.1, 0.15) is 11.9 Å². The lowest BCUT2D eigenvalue weighted by Gasteiger charge is -2.44. The second kappa shape index (κ2) is 13.4. The summed E-state index contributed by atoms with van der Waals surface area (Å²) >= 11 is 6.49. The molecule has 1 saturated heterocycles. The molecule has 1 aliphatic heterocycles. The zero-order valence-corrected chi connectivity index (χ0v) is 23.3. The summed E-state index contributed by atoms with van der Waals surface area (Å²) in [4.78, 5) is 59.1. The summed E-state index contributed by atoms with van der Waals surface area (Å²) < 4.78 is 32.7. The highest BCUT2D eigenvalue weighted by molar-refractivity contribution is 6.31. The van der Waals surface area contributed by atoms with Gasteiger partial charge in [-0.2, -0.15) is 0 Å². The molecule has 1 heterocycles. The minimum atomic E-state index is -1.49. The molecule has 0 radical (unpaired) electrons. The molecular weight excluding hydrogens is 548 g/mol. The van der Waals surface area contributed by atoms with Crippen LogP contribution < -0.4 is 4.74 Å². The van der Waals surface area contributed by atoms with Crippen LogP contribution in [0.3, 0.4) is 0 Å². The highest BCUT2D eigenvalue weighted by Gasteiger charge is 2.53. The van der Waals surface area contributed by atoms with Gasteiger partial charge in [0.25, 0.3) is 0 Å². The van der Waals surface area contributed by atoms with Gasteiger partial charge in [-0.1, -0.05) is 35.9 Å². The molecule has 214 valence electrons. The van der Waals surface area contributed by atoms with Crippen LogP contribution >= 0.6 is 11.6 Å². The fourth-order valence-electron chi connectivity index (χ4n) is 4.27. The van der Waals surface area contributed by atoms with E-state index in [1.165, 1.54) is 6.92 Å². The van der Waals surface area contributed by atoms with Crippen LogP contribution in [0.5, 0.6) is 5.75 Å². The molecule has 5 atom stereocenters. The van der Waals surface area contributed by atoms with Crippen LogP contribution in [-0.2, 0) is 54.1 Å². The quantitative estimate of drug-likeness (QED) is 0.258. The summed E-state index contributed by atoms with van der Waals surface area (Å²) in [6.45, 7) is 5.85. The third-order valence-electron chi connectivity index (χ3n) is 5.66. The number of carbonyl (C=O) groups excluding carboxylic acids is 5. The Labute approximate surface area is 235 Å². The van der Waals surface area contributed by atoms with Crippen molar-refractivity contribution in [3.8, 4) is 5.75 Å². The van der Waals surface area contributed by atoms with Crippen LogP contribution in [0.15, 0.2) is 42.5 Å². The Balaban J connectivity index is 2.03. The molecule has 0 bridgehead atoms. The first kappa shape index (κ1) is 30.6. The average Bonchev–Trinajstić information content (AvgIpc) is 2.84. The molecule has 0 N–H and O–H groups in total. The molecule has 1 fully saturated rings. The number of esters is 5. The van der Waals surface area contributed by atoms with Gasteiger partial charge in [-0.15, -0.1) is 0 Å². The number of rotatable bonds is 8. The fourth-order valence-corrected chi connectivity index (χ4v) is 4.45. The smallest absolute Gasteiger partial charge is 0.308 e. The summed E-state index contributed by atoms with van der Waals surface area (Å²) in [5.74, 6) is -3.03. The van der Waals surface area contributed by atoms with Crippen LogP contribution in [0, 0.1) is 0 Å². The van der Waals surface area contributed by atoms with E-state index in [0.717, 1.165) is 33.3 Å². The predicted molar refractivity (Wildman–Crippen MR) is 138 cm³/mol. The summed E-state index contributed by atoms with van der Waals surface area (Å²) in [6.07, 6.45) is -6.32. The highest BCUT2D eigenvalue weighted by Crippen LogP contribution is 2.39. The summed E-state index contributed by atoms with van der Waals surface area (Å²) in [6, 6.07) is 11.8. The van der Waals surface area contributed by atoms with Crippen LogP contribution in [0.1, 0.15) is 57.4 Å². The SMILES string of the molecule is CC(=O)Oc1ccc(Cc2cc([C@@H]3OC(OC(C)=O)[C@@H](OC(C)=O)[C@H](OC(C)=O)[C@H]3OC(C)=O)ccc2Cl)cc1. The Kier molecular flexibility index (Phi) is 10.2. The molecular formula is C28H29ClO11. The Morgan fingerprint density at radius 1 is 0.700 bits per heavy atom. The molecule has 0 saturated carbocycles. The van der Waals surface area contributed by atoms with E-state index >= 15 is 0 Å². The van der Waals surface area contributed by atoms with Gasteiger partial charge in [-0.05, 0) is 41.3 Å². The van der Waals surface area contributed by atoms with Crippen LogP contribution in [0.2, 0.25) is 5.02 Å². The van der Waals surface area contributed by atoms with E-state index in [-0.39, 0.29) is 0 Å². The molecule has 0 aliphatic carbocycles. The van der Waals surface area contributed by atoms with Crippen molar-refractivity contribution in [2.75, 3.05) is 0 Å². The number of benzene rings is 2. The van der Waals surface area contributed by atoms with Gasteiger partial charge in [-0.25, -0.2) is 0 Å². The van der Waals surface area contributed by atoms with Crippen molar-refractivity contribution >= 4 is 41.4 Å². The minimum absolute atomic E-state index is 0.370. The van der Waals surface area contributed by atoms with Gasteiger partial charge < -0.3 is 28.4 Å². The van der Waals surface area contributed by atoms with Crippen molar-refractivity contribution in [3.63, 3.8) is 0 Å². The molecule has 11 nitrogen and oxygen atoms in total. The van der Waals surface area contributed by atoms with E-state index in [0.29, 0.717) is 28.3 Å². The maximum atomic E-state index is 12.1. The molecule has 2 aromatic carbocycles. The van der Waals surface area contributed by atoms with Crippen molar-refractivity contribution in [2.24, 2.45) is 0 Å². The Hall–Kier alpha value is -3.96. The summed E-state index contributed by atoms with van der Waals surface area (Å²) in [5, 5.41) is 0.429. The summed E-state index contributed by atoms with van der Waals surface area (Å²) in [7, 11) is 0. The van der Waals surface area contributed by atoms with Crippen molar-refractivity contribution < 1.29 is 52.4 Å². The van der Waals surface area contributed by atoms with Crippen LogP contribution in [0.25, 0.3) is 0 Å². The number of hydrogen-bond acceptors (Lipinski definition) is 11. The number of halogens is 1. The van der Waals surface area contributed by atoms with Gasteiger partial charge >= 0.3 is 29.8 Å². The monoisotopic (exact) mass is 576 g/mol.